The Bertz CT molecular complexity index is 1170. The van der Waals surface area contributed by atoms with Crippen molar-refractivity contribution in [3.63, 3.8) is 0 Å². The monoisotopic (exact) mass is 385 g/mol. The molecule has 2 aliphatic heterocycles. The zero-order valence-corrected chi connectivity index (χ0v) is 16.8. The maximum absolute atomic E-state index is 12.4. The van der Waals surface area contributed by atoms with Crippen molar-refractivity contribution in [2.75, 3.05) is 18.6 Å². The Morgan fingerprint density at radius 3 is 2.83 bits per heavy atom. The minimum absolute atomic E-state index is 0.0404. The fourth-order valence-corrected chi connectivity index (χ4v) is 4.70. The molecule has 0 saturated carbocycles. The highest BCUT2D eigenvalue weighted by molar-refractivity contribution is 5.92. The zero-order chi connectivity index (χ0) is 20.2. The number of benzene rings is 2. The quantitative estimate of drug-likeness (QED) is 0.743. The van der Waals surface area contributed by atoms with E-state index in [9.17, 15) is 4.79 Å². The Kier molecular flexibility index (Phi) is 3.72. The number of nitrogens with zero attached hydrogens (tertiary/aromatic N) is 2. The Morgan fingerprint density at radius 2 is 2.00 bits per heavy atom. The van der Waals surface area contributed by atoms with Gasteiger partial charge in [0.25, 0.3) is 0 Å². The molecule has 5 rings (SSSR count). The second-order valence-corrected chi connectivity index (χ2v) is 8.20. The molecule has 0 bridgehead atoms. The summed E-state index contributed by atoms with van der Waals surface area (Å²) in [5, 5.41) is 4.27. The number of carbonyl (C=O) groups is 1. The fraction of sp³-hybridized carbons (Fsp3) is 0.250. The predicted molar refractivity (Wildman–Crippen MR) is 115 cm³/mol. The molecule has 3 heterocycles. The molecule has 146 valence electrons. The lowest BCUT2D eigenvalue weighted by Gasteiger charge is -2.40. The first kappa shape index (κ1) is 17.7. The second kappa shape index (κ2) is 6.08. The Morgan fingerprint density at radius 1 is 1.17 bits per heavy atom. The highest BCUT2D eigenvalue weighted by Gasteiger charge is 2.59. The molecule has 5 nitrogen and oxygen atoms in total. The molecule has 29 heavy (non-hydrogen) atoms. The SMILES string of the molecule is COc1ccc2ncc(C=C[C@@]34NC(=O)CN3c3ccccc3C4(C)C)cc2c1. The van der Waals surface area contributed by atoms with E-state index in [1.807, 2.05) is 30.5 Å². The maximum Gasteiger partial charge on any atom is 0.241 e. The fourth-order valence-electron chi connectivity index (χ4n) is 4.70. The lowest BCUT2D eigenvalue weighted by Crippen LogP contribution is -2.58. The Hall–Kier alpha value is -3.34. The number of anilines is 1. The highest BCUT2D eigenvalue weighted by Crippen LogP contribution is 2.52. The van der Waals surface area contributed by atoms with Crippen LogP contribution in [0.2, 0.25) is 0 Å². The van der Waals surface area contributed by atoms with Gasteiger partial charge in [0.05, 0.1) is 19.2 Å². The van der Waals surface area contributed by atoms with Gasteiger partial charge in [-0.2, -0.15) is 0 Å². The summed E-state index contributed by atoms with van der Waals surface area (Å²) in [5.74, 6) is 0.847. The number of rotatable bonds is 3. The van der Waals surface area contributed by atoms with E-state index < -0.39 is 5.66 Å². The summed E-state index contributed by atoms with van der Waals surface area (Å²) in [6.07, 6.45) is 6.03. The van der Waals surface area contributed by atoms with Crippen LogP contribution < -0.4 is 15.0 Å². The van der Waals surface area contributed by atoms with Gasteiger partial charge in [-0.05, 0) is 47.5 Å². The molecule has 1 fully saturated rings. The van der Waals surface area contributed by atoms with Gasteiger partial charge in [-0.15, -0.1) is 0 Å². The highest BCUT2D eigenvalue weighted by atomic mass is 16.5. The van der Waals surface area contributed by atoms with E-state index in [2.05, 4.69) is 65.5 Å². The number of methoxy groups -OCH3 is 1. The van der Waals surface area contributed by atoms with Crippen LogP contribution >= 0.6 is 0 Å². The normalized spacial score (nSPS) is 22.0. The summed E-state index contributed by atoms with van der Waals surface area (Å²) < 4.78 is 5.33. The van der Waals surface area contributed by atoms with Crippen LogP contribution in [0.1, 0.15) is 25.0 Å². The van der Waals surface area contributed by atoms with Crippen LogP contribution in [0, 0.1) is 0 Å². The first-order chi connectivity index (χ1) is 13.9. The molecule has 1 aromatic heterocycles. The predicted octanol–water partition coefficient (Wildman–Crippen LogP) is 3.88. The number of carbonyl (C=O) groups excluding carboxylic acids is 1. The lowest BCUT2D eigenvalue weighted by molar-refractivity contribution is -0.118. The largest absolute Gasteiger partial charge is 0.497 e. The third-order valence-electron chi connectivity index (χ3n) is 6.31. The van der Waals surface area contributed by atoms with Crippen molar-refractivity contribution in [1.29, 1.82) is 0 Å². The zero-order valence-electron chi connectivity index (χ0n) is 16.8. The van der Waals surface area contributed by atoms with Crippen molar-refractivity contribution < 1.29 is 9.53 Å². The van der Waals surface area contributed by atoms with Gasteiger partial charge in [0.1, 0.15) is 11.4 Å². The molecule has 0 unspecified atom stereocenters. The molecule has 1 amide bonds. The van der Waals surface area contributed by atoms with Gasteiger partial charge in [0.15, 0.2) is 0 Å². The number of aromatic nitrogens is 1. The molecule has 3 aromatic rings. The molecule has 1 saturated heterocycles. The minimum Gasteiger partial charge on any atom is -0.497 e. The Balaban J connectivity index is 1.59. The maximum atomic E-state index is 12.4. The van der Waals surface area contributed by atoms with Crippen molar-refractivity contribution in [2.24, 2.45) is 0 Å². The topological polar surface area (TPSA) is 54.5 Å². The molecule has 0 aliphatic carbocycles. The lowest BCUT2D eigenvalue weighted by atomic mass is 9.75. The van der Waals surface area contributed by atoms with Gasteiger partial charge < -0.3 is 15.0 Å². The molecular weight excluding hydrogens is 362 g/mol. The van der Waals surface area contributed by atoms with E-state index >= 15 is 0 Å². The number of hydrogen-bond acceptors (Lipinski definition) is 4. The van der Waals surface area contributed by atoms with E-state index in [1.165, 1.54) is 5.56 Å². The number of nitrogens with one attached hydrogen (secondary N) is 1. The molecule has 2 aliphatic rings. The number of pyridine rings is 1. The number of para-hydroxylation sites is 1. The summed E-state index contributed by atoms with van der Waals surface area (Å²) in [7, 11) is 1.66. The van der Waals surface area contributed by atoms with E-state index in [0.29, 0.717) is 6.54 Å². The van der Waals surface area contributed by atoms with Crippen LogP contribution in [0.25, 0.3) is 17.0 Å². The van der Waals surface area contributed by atoms with Gasteiger partial charge in [0.2, 0.25) is 5.91 Å². The van der Waals surface area contributed by atoms with Gasteiger partial charge in [-0.1, -0.05) is 38.1 Å². The van der Waals surface area contributed by atoms with Crippen LogP contribution in [0.15, 0.2) is 60.8 Å². The van der Waals surface area contributed by atoms with E-state index in [1.54, 1.807) is 7.11 Å². The van der Waals surface area contributed by atoms with Crippen molar-refractivity contribution in [1.82, 2.24) is 10.3 Å². The molecule has 0 spiro atoms. The second-order valence-electron chi connectivity index (χ2n) is 8.20. The molecular formula is C24H23N3O2. The van der Waals surface area contributed by atoms with Crippen LogP contribution in [-0.4, -0.2) is 30.2 Å². The summed E-state index contributed by atoms with van der Waals surface area (Å²) >= 11 is 0. The summed E-state index contributed by atoms with van der Waals surface area (Å²) in [6, 6.07) is 16.3. The number of fused-ring (bicyclic) bond motifs is 4. The molecule has 2 aromatic carbocycles. The number of amides is 1. The molecule has 1 N–H and O–H groups in total. The van der Waals surface area contributed by atoms with Gasteiger partial charge in [0, 0.05) is 22.7 Å². The summed E-state index contributed by atoms with van der Waals surface area (Å²) in [4.78, 5) is 19.2. The molecule has 0 radical (unpaired) electrons. The first-order valence-corrected chi connectivity index (χ1v) is 9.76. The average Bonchev–Trinajstić information content (AvgIpc) is 3.16. The van der Waals surface area contributed by atoms with Crippen molar-refractivity contribution in [3.05, 3.63) is 71.9 Å². The Labute approximate surface area is 170 Å². The van der Waals surface area contributed by atoms with Crippen LogP contribution in [0.4, 0.5) is 5.69 Å². The van der Waals surface area contributed by atoms with Crippen LogP contribution in [-0.2, 0) is 10.2 Å². The first-order valence-electron chi connectivity index (χ1n) is 9.76. The van der Waals surface area contributed by atoms with Crippen LogP contribution in [0.3, 0.4) is 0 Å². The standard InChI is InChI=1S/C24H23N3O2/c1-23(2)19-6-4-5-7-21(19)27-15-22(28)26-24(23,27)11-10-16-12-17-13-18(29-3)8-9-20(17)25-14-16/h4-14H,15H2,1-3H3,(H,26,28)/t24-/m1/s1. The minimum atomic E-state index is -0.600. The van der Waals surface area contributed by atoms with E-state index in [0.717, 1.165) is 27.9 Å². The van der Waals surface area contributed by atoms with E-state index in [-0.39, 0.29) is 11.3 Å². The van der Waals surface area contributed by atoms with Crippen molar-refractivity contribution in [2.45, 2.75) is 24.9 Å². The summed E-state index contributed by atoms with van der Waals surface area (Å²) in [6.45, 7) is 4.73. The smallest absolute Gasteiger partial charge is 0.241 e. The summed E-state index contributed by atoms with van der Waals surface area (Å²) in [5.41, 5.74) is 3.38. The third-order valence-corrected chi connectivity index (χ3v) is 6.31. The molecule has 5 heteroatoms. The van der Waals surface area contributed by atoms with Gasteiger partial charge in [-0.25, -0.2) is 0 Å². The van der Waals surface area contributed by atoms with Crippen molar-refractivity contribution >= 4 is 28.6 Å². The van der Waals surface area contributed by atoms with E-state index in [4.69, 9.17) is 4.74 Å². The van der Waals surface area contributed by atoms with Gasteiger partial charge >= 0.3 is 0 Å². The average molecular weight is 385 g/mol. The van der Waals surface area contributed by atoms with Crippen molar-refractivity contribution in [3.8, 4) is 5.75 Å². The van der Waals surface area contributed by atoms with Crippen LogP contribution in [0.5, 0.6) is 5.75 Å². The number of ether oxygens (including phenoxy) is 1. The van der Waals surface area contributed by atoms with Gasteiger partial charge in [-0.3, -0.25) is 9.78 Å². The third kappa shape index (κ3) is 2.47. The number of hydrogen-bond donors (Lipinski definition) is 1. The molecule has 1 atom stereocenters.